The van der Waals surface area contributed by atoms with Crippen molar-refractivity contribution in [1.29, 1.82) is 5.26 Å². The first-order valence-corrected chi connectivity index (χ1v) is 6.77. The molecule has 0 radical (unpaired) electrons. The van der Waals surface area contributed by atoms with Crippen LogP contribution in [0.2, 0.25) is 0 Å². The standard InChI is InChI=1S/C14H17N5O2/c15-6-10-8-17-4-3-12(10)14(21)18-9-13(20)19-5-1-2-11(19)7-16/h3-4,8,11H,1-2,5-6,9,15H2,(H,18,21)/t11-/m0/s1. The molecule has 0 aromatic carbocycles. The summed E-state index contributed by atoms with van der Waals surface area (Å²) in [5.74, 6) is -0.602. The first-order chi connectivity index (χ1) is 10.2. The van der Waals surface area contributed by atoms with Crippen molar-refractivity contribution >= 4 is 11.8 Å². The summed E-state index contributed by atoms with van der Waals surface area (Å²) in [6.07, 6.45) is 4.54. The van der Waals surface area contributed by atoms with E-state index >= 15 is 0 Å². The van der Waals surface area contributed by atoms with E-state index in [0.29, 0.717) is 24.1 Å². The fourth-order valence-corrected chi connectivity index (χ4v) is 2.36. The van der Waals surface area contributed by atoms with Crippen molar-refractivity contribution in [2.24, 2.45) is 5.73 Å². The summed E-state index contributed by atoms with van der Waals surface area (Å²) in [6, 6.07) is 3.29. The number of aromatic nitrogens is 1. The number of likely N-dealkylation sites (tertiary alicyclic amines) is 1. The van der Waals surface area contributed by atoms with Crippen molar-refractivity contribution in [1.82, 2.24) is 15.2 Å². The molecule has 2 heterocycles. The van der Waals surface area contributed by atoms with Crippen LogP contribution < -0.4 is 11.1 Å². The van der Waals surface area contributed by atoms with Crippen LogP contribution in [0.1, 0.15) is 28.8 Å². The molecule has 110 valence electrons. The molecule has 1 saturated heterocycles. The van der Waals surface area contributed by atoms with Crippen molar-refractivity contribution < 1.29 is 9.59 Å². The van der Waals surface area contributed by atoms with E-state index in [-0.39, 0.29) is 30.9 Å². The van der Waals surface area contributed by atoms with Crippen LogP contribution in [0.15, 0.2) is 18.5 Å². The van der Waals surface area contributed by atoms with Crippen molar-refractivity contribution in [3.63, 3.8) is 0 Å². The molecule has 7 nitrogen and oxygen atoms in total. The largest absolute Gasteiger partial charge is 0.343 e. The van der Waals surface area contributed by atoms with Gasteiger partial charge in [-0.05, 0) is 24.5 Å². The minimum absolute atomic E-state index is 0.122. The Morgan fingerprint density at radius 1 is 1.57 bits per heavy atom. The molecule has 1 fully saturated rings. The molecule has 3 N–H and O–H groups in total. The van der Waals surface area contributed by atoms with E-state index < -0.39 is 0 Å². The van der Waals surface area contributed by atoms with Gasteiger partial charge in [-0.1, -0.05) is 0 Å². The molecule has 7 heteroatoms. The predicted molar refractivity (Wildman–Crippen MR) is 74.8 cm³/mol. The molecular weight excluding hydrogens is 270 g/mol. The molecule has 1 aromatic rings. The molecule has 1 atom stereocenters. The third-order valence-electron chi connectivity index (χ3n) is 3.49. The maximum atomic E-state index is 12.1. The minimum Gasteiger partial charge on any atom is -0.343 e. The average molecular weight is 287 g/mol. The maximum absolute atomic E-state index is 12.1. The number of carbonyl (C=O) groups is 2. The van der Waals surface area contributed by atoms with Gasteiger partial charge in [0.15, 0.2) is 0 Å². The number of carbonyl (C=O) groups excluding carboxylic acids is 2. The Balaban J connectivity index is 1.95. The van der Waals surface area contributed by atoms with Crippen LogP contribution in [-0.2, 0) is 11.3 Å². The molecular formula is C14H17N5O2. The smallest absolute Gasteiger partial charge is 0.252 e. The summed E-state index contributed by atoms with van der Waals surface area (Å²) in [5.41, 5.74) is 6.59. The molecule has 21 heavy (non-hydrogen) atoms. The molecule has 2 amide bonds. The third kappa shape index (κ3) is 3.35. The second kappa shape index (κ2) is 6.81. The van der Waals surface area contributed by atoms with Gasteiger partial charge in [-0.2, -0.15) is 5.26 Å². The van der Waals surface area contributed by atoms with Crippen LogP contribution in [0.5, 0.6) is 0 Å². The Morgan fingerprint density at radius 3 is 3.10 bits per heavy atom. The number of nitriles is 1. The van der Waals surface area contributed by atoms with E-state index in [1.54, 1.807) is 6.07 Å². The monoisotopic (exact) mass is 287 g/mol. The van der Waals surface area contributed by atoms with E-state index in [9.17, 15) is 9.59 Å². The van der Waals surface area contributed by atoms with E-state index in [1.165, 1.54) is 17.3 Å². The number of rotatable bonds is 4. The predicted octanol–water partition coefficient (Wildman–Crippen LogP) is -0.215. The highest BCUT2D eigenvalue weighted by molar-refractivity contribution is 5.97. The molecule has 1 aromatic heterocycles. The highest BCUT2D eigenvalue weighted by atomic mass is 16.2. The number of nitrogens with zero attached hydrogens (tertiary/aromatic N) is 3. The van der Waals surface area contributed by atoms with Crippen molar-refractivity contribution in [2.75, 3.05) is 13.1 Å². The van der Waals surface area contributed by atoms with Crippen LogP contribution >= 0.6 is 0 Å². The molecule has 0 aliphatic carbocycles. The lowest BCUT2D eigenvalue weighted by molar-refractivity contribution is -0.130. The zero-order chi connectivity index (χ0) is 15.2. The SMILES string of the molecule is N#C[C@@H]1CCCN1C(=O)CNC(=O)c1ccncc1CN. The molecule has 0 spiro atoms. The van der Waals surface area contributed by atoms with Gasteiger partial charge in [0.2, 0.25) is 5.91 Å². The van der Waals surface area contributed by atoms with Crippen LogP contribution in [0.3, 0.4) is 0 Å². The van der Waals surface area contributed by atoms with E-state index in [1.807, 2.05) is 0 Å². The summed E-state index contributed by atoms with van der Waals surface area (Å²) < 4.78 is 0. The van der Waals surface area contributed by atoms with Crippen molar-refractivity contribution in [3.8, 4) is 6.07 Å². The Bertz CT molecular complexity index is 581. The number of hydrogen-bond acceptors (Lipinski definition) is 5. The van der Waals surface area contributed by atoms with Gasteiger partial charge in [-0.15, -0.1) is 0 Å². The Labute approximate surface area is 122 Å². The van der Waals surface area contributed by atoms with Crippen LogP contribution in [-0.4, -0.2) is 40.8 Å². The molecule has 1 aliphatic rings. The van der Waals surface area contributed by atoms with Gasteiger partial charge in [0.05, 0.1) is 12.6 Å². The van der Waals surface area contributed by atoms with Crippen LogP contribution in [0, 0.1) is 11.3 Å². The molecule has 0 bridgehead atoms. The lowest BCUT2D eigenvalue weighted by Gasteiger charge is -2.19. The number of hydrogen-bond donors (Lipinski definition) is 2. The summed E-state index contributed by atoms with van der Waals surface area (Å²) in [4.78, 5) is 29.5. The zero-order valence-electron chi connectivity index (χ0n) is 11.6. The van der Waals surface area contributed by atoms with Gasteiger partial charge >= 0.3 is 0 Å². The van der Waals surface area contributed by atoms with E-state index in [2.05, 4.69) is 16.4 Å². The quantitative estimate of drug-likeness (QED) is 0.795. The fourth-order valence-electron chi connectivity index (χ4n) is 2.36. The Hall–Kier alpha value is -2.46. The first-order valence-electron chi connectivity index (χ1n) is 6.77. The number of amides is 2. The highest BCUT2D eigenvalue weighted by Crippen LogP contribution is 2.16. The van der Waals surface area contributed by atoms with Crippen molar-refractivity contribution in [2.45, 2.75) is 25.4 Å². The first kappa shape index (κ1) is 14.9. The molecule has 0 saturated carbocycles. The lowest BCUT2D eigenvalue weighted by atomic mass is 10.1. The highest BCUT2D eigenvalue weighted by Gasteiger charge is 2.28. The van der Waals surface area contributed by atoms with Gasteiger partial charge in [0, 0.05) is 31.0 Å². The van der Waals surface area contributed by atoms with Crippen LogP contribution in [0.25, 0.3) is 0 Å². The van der Waals surface area contributed by atoms with Crippen molar-refractivity contribution in [3.05, 3.63) is 29.6 Å². The summed E-state index contributed by atoms with van der Waals surface area (Å²) in [6.45, 7) is 0.646. The number of nitrogens with one attached hydrogen (secondary N) is 1. The normalized spacial score (nSPS) is 17.3. The second-order valence-electron chi connectivity index (χ2n) is 4.79. The second-order valence-corrected chi connectivity index (χ2v) is 4.79. The topological polar surface area (TPSA) is 112 Å². The summed E-state index contributed by atoms with van der Waals surface area (Å²) in [7, 11) is 0. The van der Waals surface area contributed by atoms with Gasteiger partial charge in [-0.3, -0.25) is 14.6 Å². The summed E-state index contributed by atoms with van der Waals surface area (Å²) >= 11 is 0. The Kier molecular flexibility index (Phi) is 4.85. The molecule has 1 aliphatic heterocycles. The number of pyridine rings is 1. The summed E-state index contributed by atoms with van der Waals surface area (Å²) in [5, 5.41) is 11.5. The average Bonchev–Trinajstić information content (AvgIpc) is 3.00. The molecule has 2 rings (SSSR count). The van der Waals surface area contributed by atoms with E-state index in [4.69, 9.17) is 11.0 Å². The number of nitrogens with two attached hydrogens (primary N) is 1. The minimum atomic E-state index is -0.380. The fraction of sp³-hybridized carbons (Fsp3) is 0.429. The Morgan fingerprint density at radius 2 is 2.38 bits per heavy atom. The van der Waals surface area contributed by atoms with E-state index in [0.717, 1.165) is 6.42 Å². The van der Waals surface area contributed by atoms with Crippen LogP contribution in [0.4, 0.5) is 0 Å². The van der Waals surface area contributed by atoms with Gasteiger partial charge < -0.3 is 16.0 Å². The maximum Gasteiger partial charge on any atom is 0.252 e. The zero-order valence-corrected chi connectivity index (χ0v) is 11.6. The van der Waals surface area contributed by atoms with Gasteiger partial charge in [0.1, 0.15) is 6.04 Å². The molecule has 0 unspecified atom stereocenters. The third-order valence-corrected chi connectivity index (χ3v) is 3.49. The van der Waals surface area contributed by atoms with Gasteiger partial charge in [-0.25, -0.2) is 0 Å². The van der Waals surface area contributed by atoms with Gasteiger partial charge in [0.25, 0.3) is 5.91 Å². The lowest BCUT2D eigenvalue weighted by Crippen LogP contribution is -2.42.